The minimum Gasteiger partial charge on any atom is -0.487 e. The Morgan fingerprint density at radius 1 is 0.933 bits per heavy atom. The van der Waals surface area contributed by atoms with Crippen molar-refractivity contribution >= 4 is 11.6 Å². The van der Waals surface area contributed by atoms with Gasteiger partial charge in [-0.3, -0.25) is 9.78 Å². The van der Waals surface area contributed by atoms with Gasteiger partial charge in [0.05, 0.1) is 17.4 Å². The molecule has 0 aliphatic carbocycles. The maximum Gasteiger partial charge on any atom is 0.257 e. The van der Waals surface area contributed by atoms with Crippen LogP contribution in [0, 0.1) is 6.92 Å². The fourth-order valence-corrected chi connectivity index (χ4v) is 2.99. The lowest BCUT2D eigenvalue weighted by Crippen LogP contribution is -2.14. The molecule has 0 radical (unpaired) electrons. The first-order chi connectivity index (χ1) is 14.3. The van der Waals surface area contributed by atoms with E-state index in [1.54, 1.807) is 6.07 Å². The quantitative estimate of drug-likeness (QED) is 0.499. The molecule has 0 saturated carbocycles. The number of aryl methyl sites for hydroxylation is 1. The van der Waals surface area contributed by atoms with Crippen molar-refractivity contribution in [1.82, 2.24) is 4.98 Å². The number of aromatic nitrogens is 1. The number of pyridine rings is 1. The molecule has 1 aromatic heterocycles. The average Bonchev–Trinajstić information content (AvgIpc) is 2.69. The molecule has 156 valence electrons. The lowest BCUT2D eigenvalue weighted by Gasteiger charge is -2.15. The van der Waals surface area contributed by atoms with E-state index in [9.17, 15) is 4.79 Å². The molecule has 3 aromatic rings. The summed E-state index contributed by atoms with van der Waals surface area (Å²) in [5, 5.41) is 2.93. The molecule has 30 heavy (non-hydrogen) atoms. The summed E-state index contributed by atoms with van der Waals surface area (Å²) in [6.45, 7) is 9.95. The normalized spacial score (nSPS) is 10.9. The SMILES string of the molecule is Cc1nc(C(C)C)ccc1C(=O)Nc1cccc(Oc2ccccc2OC(C)C)c1. The molecule has 2 aromatic carbocycles. The summed E-state index contributed by atoms with van der Waals surface area (Å²) in [6.07, 6.45) is 0.0410. The Hall–Kier alpha value is -3.34. The van der Waals surface area contributed by atoms with Gasteiger partial charge in [0.2, 0.25) is 0 Å². The molecule has 0 aliphatic rings. The maximum atomic E-state index is 12.7. The van der Waals surface area contributed by atoms with Gasteiger partial charge in [-0.25, -0.2) is 0 Å². The fraction of sp³-hybridized carbons (Fsp3) is 0.280. The van der Waals surface area contributed by atoms with E-state index in [-0.39, 0.29) is 12.0 Å². The zero-order chi connectivity index (χ0) is 21.7. The third kappa shape index (κ3) is 5.38. The highest BCUT2D eigenvalue weighted by Crippen LogP contribution is 2.33. The largest absolute Gasteiger partial charge is 0.487 e. The first-order valence-electron chi connectivity index (χ1n) is 10.2. The number of nitrogens with zero attached hydrogens (tertiary/aromatic N) is 1. The molecule has 0 saturated heterocycles. The third-order valence-electron chi connectivity index (χ3n) is 4.48. The van der Waals surface area contributed by atoms with Crippen LogP contribution >= 0.6 is 0 Å². The van der Waals surface area contributed by atoms with Gasteiger partial charge in [-0.1, -0.05) is 32.0 Å². The van der Waals surface area contributed by atoms with E-state index in [4.69, 9.17) is 9.47 Å². The Labute approximate surface area is 178 Å². The van der Waals surface area contributed by atoms with E-state index in [0.29, 0.717) is 40.1 Å². The molecule has 1 heterocycles. The van der Waals surface area contributed by atoms with Crippen molar-refractivity contribution in [2.45, 2.75) is 46.6 Å². The fourth-order valence-electron chi connectivity index (χ4n) is 2.99. The first-order valence-corrected chi connectivity index (χ1v) is 10.2. The van der Waals surface area contributed by atoms with Gasteiger partial charge in [-0.05, 0) is 63.1 Å². The summed E-state index contributed by atoms with van der Waals surface area (Å²) < 4.78 is 11.8. The minimum absolute atomic E-state index is 0.0410. The van der Waals surface area contributed by atoms with E-state index in [0.717, 1.165) is 5.69 Å². The molecule has 1 N–H and O–H groups in total. The van der Waals surface area contributed by atoms with Gasteiger partial charge in [-0.2, -0.15) is 0 Å². The highest BCUT2D eigenvalue weighted by atomic mass is 16.5. The van der Waals surface area contributed by atoms with E-state index < -0.39 is 0 Å². The van der Waals surface area contributed by atoms with Crippen molar-refractivity contribution in [2.75, 3.05) is 5.32 Å². The number of ether oxygens (including phenoxy) is 2. The van der Waals surface area contributed by atoms with E-state index in [1.807, 2.05) is 75.4 Å². The highest BCUT2D eigenvalue weighted by molar-refractivity contribution is 6.05. The van der Waals surface area contributed by atoms with Gasteiger partial charge in [0.25, 0.3) is 5.91 Å². The van der Waals surface area contributed by atoms with Crippen molar-refractivity contribution in [3.05, 3.63) is 77.6 Å². The van der Waals surface area contributed by atoms with Crippen LogP contribution in [-0.2, 0) is 0 Å². The van der Waals surface area contributed by atoms with Gasteiger partial charge < -0.3 is 14.8 Å². The Kier molecular flexibility index (Phi) is 6.72. The minimum atomic E-state index is -0.198. The number of nitrogens with one attached hydrogen (secondary N) is 1. The molecule has 5 heteroatoms. The lowest BCUT2D eigenvalue weighted by molar-refractivity contribution is 0.102. The molecule has 0 aliphatic heterocycles. The zero-order valence-electron chi connectivity index (χ0n) is 18.1. The second-order valence-electron chi connectivity index (χ2n) is 7.72. The van der Waals surface area contributed by atoms with Crippen LogP contribution in [-0.4, -0.2) is 17.0 Å². The van der Waals surface area contributed by atoms with E-state index >= 15 is 0 Å². The van der Waals surface area contributed by atoms with Gasteiger partial charge in [0.15, 0.2) is 11.5 Å². The molecule has 0 bridgehead atoms. The second kappa shape index (κ2) is 9.44. The molecule has 0 unspecified atom stereocenters. The summed E-state index contributed by atoms with van der Waals surface area (Å²) in [5.74, 6) is 2.03. The summed E-state index contributed by atoms with van der Waals surface area (Å²) >= 11 is 0. The Morgan fingerprint density at radius 2 is 1.67 bits per heavy atom. The van der Waals surface area contributed by atoms with Crippen LogP contribution < -0.4 is 14.8 Å². The van der Waals surface area contributed by atoms with Crippen molar-refractivity contribution < 1.29 is 14.3 Å². The molecule has 0 atom stereocenters. The summed E-state index contributed by atoms with van der Waals surface area (Å²) in [4.78, 5) is 17.3. The number of hydrogen-bond donors (Lipinski definition) is 1. The molecule has 3 rings (SSSR count). The highest BCUT2D eigenvalue weighted by Gasteiger charge is 2.13. The molecule has 0 spiro atoms. The van der Waals surface area contributed by atoms with Gasteiger partial charge in [-0.15, -0.1) is 0 Å². The van der Waals surface area contributed by atoms with Crippen LogP contribution in [0.5, 0.6) is 17.2 Å². The number of rotatable bonds is 7. The Morgan fingerprint density at radius 3 is 2.33 bits per heavy atom. The molecule has 5 nitrogen and oxygen atoms in total. The molecule has 0 fully saturated rings. The van der Waals surface area contributed by atoms with Crippen LogP contribution in [0.1, 0.15) is 55.4 Å². The Balaban J connectivity index is 1.76. The van der Waals surface area contributed by atoms with Crippen molar-refractivity contribution in [3.8, 4) is 17.2 Å². The van der Waals surface area contributed by atoms with Gasteiger partial charge in [0.1, 0.15) is 5.75 Å². The molecular formula is C25H28N2O3. The molecular weight excluding hydrogens is 376 g/mol. The third-order valence-corrected chi connectivity index (χ3v) is 4.48. The zero-order valence-corrected chi connectivity index (χ0v) is 18.1. The summed E-state index contributed by atoms with van der Waals surface area (Å²) in [6, 6.07) is 18.5. The maximum absolute atomic E-state index is 12.7. The number of benzene rings is 2. The molecule has 1 amide bonds. The predicted octanol–water partition coefficient (Wildman–Crippen LogP) is 6.35. The first kappa shape index (κ1) is 21.4. The topological polar surface area (TPSA) is 60.5 Å². The van der Waals surface area contributed by atoms with Crippen LogP contribution in [0.2, 0.25) is 0 Å². The predicted molar refractivity (Wildman–Crippen MR) is 120 cm³/mol. The number of amides is 1. The van der Waals surface area contributed by atoms with E-state index in [1.165, 1.54) is 0 Å². The number of anilines is 1. The summed E-state index contributed by atoms with van der Waals surface area (Å²) in [5.41, 5.74) is 2.89. The van der Waals surface area contributed by atoms with Crippen molar-refractivity contribution in [1.29, 1.82) is 0 Å². The van der Waals surface area contributed by atoms with Gasteiger partial charge >= 0.3 is 0 Å². The number of hydrogen-bond acceptors (Lipinski definition) is 4. The number of carbonyl (C=O) groups is 1. The van der Waals surface area contributed by atoms with Crippen molar-refractivity contribution in [3.63, 3.8) is 0 Å². The summed E-state index contributed by atoms with van der Waals surface area (Å²) in [7, 11) is 0. The Bertz CT molecular complexity index is 1030. The van der Waals surface area contributed by atoms with Crippen LogP contribution in [0.3, 0.4) is 0 Å². The van der Waals surface area contributed by atoms with Crippen LogP contribution in [0.25, 0.3) is 0 Å². The standard InChI is InChI=1S/C25H28N2O3/c1-16(2)22-14-13-21(18(5)26-22)25(28)27-19-9-8-10-20(15-19)30-24-12-7-6-11-23(24)29-17(3)4/h6-17H,1-5H3,(H,27,28). The number of para-hydroxylation sites is 2. The number of carbonyl (C=O) groups excluding carboxylic acids is 1. The van der Waals surface area contributed by atoms with Gasteiger partial charge in [0, 0.05) is 17.4 Å². The monoisotopic (exact) mass is 404 g/mol. The van der Waals surface area contributed by atoms with Crippen molar-refractivity contribution in [2.24, 2.45) is 0 Å². The van der Waals surface area contributed by atoms with Crippen LogP contribution in [0.4, 0.5) is 5.69 Å². The lowest BCUT2D eigenvalue weighted by atomic mass is 10.1. The smallest absolute Gasteiger partial charge is 0.257 e. The average molecular weight is 405 g/mol. The van der Waals surface area contributed by atoms with E-state index in [2.05, 4.69) is 24.1 Å². The second-order valence-corrected chi connectivity index (χ2v) is 7.72. The van der Waals surface area contributed by atoms with Crippen LogP contribution in [0.15, 0.2) is 60.7 Å².